The number of halogens is 2. The molecule has 2 N–H and O–H groups in total. The van der Waals surface area contributed by atoms with Crippen molar-refractivity contribution in [3.63, 3.8) is 0 Å². The summed E-state index contributed by atoms with van der Waals surface area (Å²) in [6.07, 6.45) is 1.23. The van der Waals surface area contributed by atoms with Crippen LogP contribution in [0.25, 0.3) is 0 Å². The van der Waals surface area contributed by atoms with E-state index in [4.69, 9.17) is 16.9 Å². The summed E-state index contributed by atoms with van der Waals surface area (Å²) in [4.78, 5) is 12.3. The Morgan fingerprint density at radius 3 is 2.62 bits per heavy atom. The maximum Gasteiger partial charge on any atom is 0.273 e. The van der Waals surface area contributed by atoms with Gasteiger partial charge in [0.1, 0.15) is 22.5 Å². The molecule has 2 aromatic rings. The van der Waals surface area contributed by atoms with Crippen molar-refractivity contribution < 1.29 is 17.6 Å². The van der Waals surface area contributed by atoms with Crippen molar-refractivity contribution in [2.45, 2.75) is 24.8 Å². The molecule has 7 nitrogen and oxygen atoms in total. The molecular weight excluding hydrogens is 383 g/mol. The normalized spacial score (nSPS) is 11.4. The maximum absolute atomic E-state index is 13.4. The predicted octanol–water partition coefficient (Wildman–Crippen LogP) is 2.63. The van der Waals surface area contributed by atoms with Gasteiger partial charge in [-0.05, 0) is 32.0 Å². The van der Waals surface area contributed by atoms with Gasteiger partial charge in [-0.3, -0.25) is 4.79 Å². The summed E-state index contributed by atoms with van der Waals surface area (Å²) in [7, 11) is -2.42. The fraction of sp³-hybridized carbons (Fsp3) is 0.250. The highest BCUT2D eigenvalue weighted by Gasteiger charge is 2.27. The van der Waals surface area contributed by atoms with Gasteiger partial charge in [-0.2, -0.15) is 5.26 Å². The van der Waals surface area contributed by atoms with Gasteiger partial charge in [-0.1, -0.05) is 11.6 Å². The van der Waals surface area contributed by atoms with Crippen molar-refractivity contribution in [3.8, 4) is 6.07 Å². The number of carbonyl (C=O) groups excluding carboxylic acids is 1. The zero-order valence-corrected chi connectivity index (χ0v) is 15.7. The number of rotatable bonds is 5. The van der Waals surface area contributed by atoms with Crippen molar-refractivity contribution in [3.05, 3.63) is 46.5 Å². The molecule has 1 aromatic heterocycles. The van der Waals surface area contributed by atoms with E-state index in [1.54, 1.807) is 19.9 Å². The Morgan fingerprint density at radius 1 is 1.38 bits per heavy atom. The Bertz CT molecular complexity index is 1010. The van der Waals surface area contributed by atoms with E-state index >= 15 is 0 Å². The van der Waals surface area contributed by atoms with E-state index in [9.17, 15) is 17.6 Å². The van der Waals surface area contributed by atoms with Crippen molar-refractivity contribution in [1.29, 1.82) is 5.26 Å². The molecular formula is C16H16ClFN4O3S. The average Bonchev–Trinajstić information content (AvgIpc) is 2.83. The molecule has 0 aliphatic rings. The van der Waals surface area contributed by atoms with E-state index in [1.165, 1.54) is 29.9 Å². The van der Waals surface area contributed by atoms with Gasteiger partial charge in [-0.15, -0.1) is 0 Å². The Balaban J connectivity index is 2.38. The zero-order valence-electron chi connectivity index (χ0n) is 14.2. The van der Waals surface area contributed by atoms with E-state index in [-0.39, 0.29) is 32.9 Å². The summed E-state index contributed by atoms with van der Waals surface area (Å²) in [6.45, 7) is 3.31. The number of amides is 1. The molecule has 0 aliphatic heterocycles. The number of aromatic nitrogens is 1. The first kappa shape index (κ1) is 19.9. The van der Waals surface area contributed by atoms with Gasteiger partial charge in [0.25, 0.3) is 5.91 Å². The van der Waals surface area contributed by atoms with Crippen LogP contribution in [-0.2, 0) is 17.1 Å². The molecule has 26 heavy (non-hydrogen) atoms. The Morgan fingerprint density at radius 2 is 2.04 bits per heavy atom. The molecule has 0 unspecified atom stereocenters. The number of hydrogen-bond acceptors (Lipinski definition) is 4. The minimum absolute atomic E-state index is 0.0846. The van der Waals surface area contributed by atoms with E-state index in [2.05, 4.69) is 10.0 Å². The van der Waals surface area contributed by atoms with Crippen LogP contribution in [0, 0.1) is 17.1 Å². The third-order valence-corrected chi connectivity index (χ3v) is 5.49. The topological polar surface area (TPSA) is 104 Å². The molecule has 0 saturated heterocycles. The first-order chi connectivity index (χ1) is 12.1. The SMILES string of the molecule is CC(C)NS(=O)(=O)c1cn(C)c(C(=O)Nc2ccc(F)c(C#N)c2)c1Cl. The lowest BCUT2D eigenvalue weighted by Crippen LogP contribution is -2.30. The van der Waals surface area contributed by atoms with E-state index in [1.807, 2.05) is 0 Å². The van der Waals surface area contributed by atoms with Gasteiger partial charge in [0.2, 0.25) is 10.0 Å². The molecule has 10 heteroatoms. The van der Waals surface area contributed by atoms with Gasteiger partial charge in [0.15, 0.2) is 0 Å². The number of nitrogens with zero attached hydrogens (tertiary/aromatic N) is 2. The molecule has 0 spiro atoms. The molecule has 0 bridgehead atoms. The van der Waals surface area contributed by atoms with Crippen molar-refractivity contribution >= 4 is 33.2 Å². The lowest BCUT2D eigenvalue weighted by atomic mass is 10.2. The average molecular weight is 399 g/mol. The smallest absolute Gasteiger partial charge is 0.273 e. The van der Waals surface area contributed by atoms with Gasteiger partial charge in [-0.25, -0.2) is 17.5 Å². The van der Waals surface area contributed by atoms with Crippen LogP contribution in [0.1, 0.15) is 29.9 Å². The number of hydrogen-bond donors (Lipinski definition) is 2. The van der Waals surface area contributed by atoms with E-state index in [0.29, 0.717) is 0 Å². The van der Waals surface area contributed by atoms with Crippen LogP contribution >= 0.6 is 11.6 Å². The lowest BCUT2D eigenvalue weighted by molar-refractivity contribution is 0.101. The number of aryl methyl sites for hydroxylation is 1. The third-order valence-electron chi connectivity index (χ3n) is 3.33. The van der Waals surface area contributed by atoms with Gasteiger partial charge >= 0.3 is 0 Å². The molecule has 0 saturated carbocycles. The van der Waals surface area contributed by atoms with Crippen molar-refractivity contribution in [1.82, 2.24) is 9.29 Å². The second kappa shape index (κ2) is 7.45. The molecule has 1 heterocycles. The van der Waals surface area contributed by atoms with Crippen molar-refractivity contribution in [2.24, 2.45) is 7.05 Å². The molecule has 1 amide bonds. The van der Waals surface area contributed by atoms with Crippen LogP contribution < -0.4 is 10.0 Å². The number of benzene rings is 1. The largest absolute Gasteiger partial charge is 0.344 e. The Hall–Kier alpha value is -2.41. The minimum atomic E-state index is -3.89. The molecule has 0 fully saturated rings. The number of carbonyl (C=O) groups is 1. The summed E-state index contributed by atoms with van der Waals surface area (Å²) in [5.74, 6) is -1.41. The number of anilines is 1. The molecule has 2 rings (SSSR count). The van der Waals surface area contributed by atoms with Crippen LogP contribution in [0.2, 0.25) is 5.02 Å². The number of sulfonamides is 1. The van der Waals surface area contributed by atoms with Crippen LogP contribution in [0.3, 0.4) is 0 Å². The summed E-state index contributed by atoms with van der Waals surface area (Å²) in [5.41, 5.74) is -0.140. The zero-order chi connectivity index (χ0) is 19.6. The standard InChI is InChI=1S/C16H16ClFN4O3S/c1-9(2)21-26(24,25)13-8-22(3)15(14(13)17)16(23)20-11-4-5-12(18)10(6-11)7-19/h4-6,8-9,21H,1-3H3,(H,20,23). The van der Waals surface area contributed by atoms with E-state index < -0.39 is 21.7 Å². The first-order valence-electron chi connectivity index (χ1n) is 7.45. The molecule has 0 atom stereocenters. The maximum atomic E-state index is 13.4. The van der Waals surface area contributed by atoms with Gasteiger partial charge < -0.3 is 9.88 Å². The van der Waals surface area contributed by atoms with Crippen LogP contribution in [0.5, 0.6) is 0 Å². The Kier molecular flexibility index (Phi) is 5.71. The first-order valence-corrected chi connectivity index (χ1v) is 9.31. The fourth-order valence-corrected chi connectivity index (χ4v) is 4.22. The highest BCUT2D eigenvalue weighted by atomic mass is 35.5. The van der Waals surface area contributed by atoms with Gasteiger partial charge in [0, 0.05) is 25.0 Å². The van der Waals surface area contributed by atoms with Gasteiger partial charge in [0.05, 0.1) is 10.6 Å². The predicted molar refractivity (Wildman–Crippen MR) is 94.9 cm³/mol. The molecule has 138 valence electrons. The monoisotopic (exact) mass is 398 g/mol. The summed E-state index contributed by atoms with van der Waals surface area (Å²) in [5, 5.41) is 11.1. The second-order valence-corrected chi connectivity index (χ2v) is 7.86. The summed E-state index contributed by atoms with van der Waals surface area (Å²) in [6, 6.07) is 4.81. The highest BCUT2D eigenvalue weighted by molar-refractivity contribution is 7.89. The third kappa shape index (κ3) is 4.04. The van der Waals surface area contributed by atoms with Crippen LogP contribution in [0.15, 0.2) is 29.3 Å². The summed E-state index contributed by atoms with van der Waals surface area (Å²) < 4.78 is 41.7. The van der Waals surface area contributed by atoms with Crippen molar-refractivity contribution in [2.75, 3.05) is 5.32 Å². The number of nitrogens with one attached hydrogen (secondary N) is 2. The molecule has 0 radical (unpaired) electrons. The minimum Gasteiger partial charge on any atom is -0.344 e. The highest BCUT2D eigenvalue weighted by Crippen LogP contribution is 2.28. The fourth-order valence-electron chi connectivity index (χ4n) is 2.27. The second-order valence-electron chi connectivity index (χ2n) is 5.80. The molecule has 0 aliphatic carbocycles. The lowest BCUT2D eigenvalue weighted by Gasteiger charge is -2.09. The quantitative estimate of drug-likeness (QED) is 0.807. The molecule has 1 aromatic carbocycles. The number of nitriles is 1. The van der Waals surface area contributed by atoms with Crippen LogP contribution in [0.4, 0.5) is 10.1 Å². The summed E-state index contributed by atoms with van der Waals surface area (Å²) >= 11 is 6.13. The van der Waals surface area contributed by atoms with E-state index in [0.717, 1.165) is 6.07 Å². The Labute approximate surface area is 155 Å². The van der Waals surface area contributed by atoms with Crippen LogP contribution in [-0.4, -0.2) is 24.9 Å².